The molecule has 1 amide bonds. The van der Waals surface area contributed by atoms with E-state index < -0.39 is 0 Å². The first kappa shape index (κ1) is 18.5. The molecule has 1 atom stereocenters. The standard InChI is InChI=1S/C20H21N3O4S/c1-25-14-7-8-15(16(11-14)26-2)20(24)23-9-3-5-13(12-23)18-21-22-19(27-18)17-6-4-10-28-17/h4,6-8,10-11,13H,3,5,9,12H2,1-2H3. The summed E-state index contributed by atoms with van der Waals surface area (Å²) in [5.74, 6) is 2.24. The Hall–Kier alpha value is -2.87. The molecule has 7 nitrogen and oxygen atoms in total. The van der Waals surface area contributed by atoms with Crippen LogP contribution in [0.15, 0.2) is 40.1 Å². The number of hydrogen-bond donors (Lipinski definition) is 0. The molecule has 1 aliphatic rings. The summed E-state index contributed by atoms with van der Waals surface area (Å²) in [6, 6.07) is 9.13. The van der Waals surface area contributed by atoms with Gasteiger partial charge in [0.15, 0.2) is 0 Å². The zero-order valence-electron chi connectivity index (χ0n) is 15.8. The fourth-order valence-corrected chi connectivity index (χ4v) is 4.05. The molecule has 1 aliphatic heterocycles. The number of methoxy groups -OCH3 is 2. The molecule has 1 saturated heterocycles. The van der Waals surface area contributed by atoms with Gasteiger partial charge in [-0.05, 0) is 36.4 Å². The van der Waals surface area contributed by atoms with Crippen LogP contribution in [-0.2, 0) is 0 Å². The summed E-state index contributed by atoms with van der Waals surface area (Å²) >= 11 is 1.56. The number of ether oxygens (including phenoxy) is 2. The molecule has 0 aliphatic carbocycles. The molecule has 28 heavy (non-hydrogen) atoms. The van der Waals surface area contributed by atoms with E-state index in [1.807, 2.05) is 22.4 Å². The van der Waals surface area contributed by atoms with Crippen LogP contribution in [0.25, 0.3) is 10.8 Å². The third-order valence-electron chi connectivity index (χ3n) is 4.87. The number of carbonyl (C=O) groups excluding carboxylic acids is 1. The molecule has 146 valence electrons. The van der Waals surface area contributed by atoms with Gasteiger partial charge in [-0.15, -0.1) is 21.5 Å². The van der Waals surface area contributed by atoms with E-state index in [0.29, 0.717) is 41.9 Å². The van der Waals surface area contributed by atoms with Crippen LogP contribution in [-0.4, -0.2) is 48.3 Å². The summed E-state index contributed by atoms with van der Waals surface area (Å²) in [6.45, 7) is 1.23. The van der Waals surface area contributed by atoms with Crippen molar-refractivity contribution in [3.63, 3.8) is 0 Å². The van der Waals surface area contributed by atoms with Crippen molar-refractivity contribution in [3.8, 4) is 22.3 Å². The lowest BCUT2D eigenvalue weighted by Crippen LogP contribution is -2.39. The van der Waals surface area contributed by atoms with Gasteiger partial charge in [0, 0.05) is 19.2 Å². The Morgan fingerprint density at radius 1 is 1.25 bits per heavy atom. The molecule has 0 spiro atoms. The third-order valence-corrected chi connectivity index (χ3v) is 5.73. The van der Waals surface area contributed by atoms with Crippen molar-refractivity contribution >= 4 is 17.2 Å². The lowest BCUT2D eigenvalue weighted by molar-refractivity contribution is 0.0695. The molecule has 2 aromatic heterocycles. The minimum absolute atomic E-state index is 0.0307. The smallest absolute Gasteiger partial charge is 0.257 e. The second kappa shape index (κ2) is 8.02. The lowest BCUT2D eigenvalue weighted by Gasteiger charge is -2.31. The average Bonchev–Trinajstić information content (AvgIpc) is 3.44. The van der Waals surface area contributed by atoms with Gasteiger partial charge in [-0.25, -0.2) is 0 Å². The second-order valence-electron chi connectivity index (χ2n) is 6.58. The Balaban J connectivity index is 1.52. The Morgan fingerprint density at radius 2 is 2.14 bits per heavy atom. The van der Waals surface area contributed by atoms with E-state index >= 15 is 0 Å². The van der Waals surface area contributed by atoms with E-state index in [1.165, 1.54) is 0 Å². The van der Waals surface area contributed by atoms with E-state index in [0.717, 1.165) is 17.7 Å². The summed E-state index contributed by atoms with van der Waals surface area (Å²) in [5, 5.41) is 10.4. The minimum atomic E-state index is -0.0674. The average molecular weight is 399 g/mol. The minimum Gasteiger partial charge on any atom is -0.497 e. The Labute approximate surface area is 166 Å². The van der Waals surface area contributed by atoms with Crippen LogP contribution in [0, 0.1) is 0 Å². The Bertz CT molecular complexity index is 954. The highest BCUT2D eigenvalue weighted by molar-refractivity contribution is 7.13. The highest BCUT2D eigenvalue weighted by Gasteiger charge is 2.30. The molecular formula is C20H21N3O4S. The summed E-state index contributed by atoms with van der Waals surface area (Å²) in [4.78, 5) is 15.9. The largest absolute Gasteiger partial charge is 0.497 e. The molecule has 3 aromatic rings. The van der Waals surface area contributed by atoms with Gasteiger partial charge in [-0.2, -0.15) is 0 Å². The summed E-state index contributed by atoms with van der Waals surface area (Å²) in [5.41, 5.74) is 0.522. The molecule has 0 saturated carbocycles. The number of amides is 1. The van der Waals surface area contributed by atoms with Gasteiger partial charge in [-0.1, -0.05) is 6.07 Å². The van der Waals surface area contributed by atoms with Crippen LogP contribution < -0.4 is 9.47 Å². The van der Waals surface area contributed by atoms with Crippen molar-refractivity contribution in [2.24, 2.45) is 0 Å². The van der Waals surface area contributed by atoms with Gasteiger partial charge < -0.3 is 18.8 Å². The van der Waals surface area contributed by atoms with Crippen molar-refractivity contribution in [1.29, 1.82) is 0 Å². The fraction of sp³-hybridized carbons (Fsp3) is 0.350. The normalized spacial score (nSPS) is 16.8. The quantitative estimate of drug-likeness (QED) is 0.649. The first-order valence-electron chi connectivity index (χ1n) is 9.08. The van der Waals surface area contributed by atoms with Gasteiger partial charge in [0.2, 0.25) is 5.89 Å². The van der Waals surface area contributed by atoms with Gasteiger partial charge in [0.1, 0.15) is 11.5 Å². The number of nitrogens with zero attached hydrogens (tertiary/aromatic N) is 3. The van der Waals surface area contributed by atoms with Gasteiger partial charge in [-0.3, -0.25) is 4.79 Å². The number of benzene rings is 1. The molecule has 4 rings (SSSR count). The SMILES string of the molecule is COc1ccc(C(=O)N2CCCC(c3nnc(-c4cccs4)o3)C2)c(OC)c1. The first-order valence-corrected chi connectivity index (χ1v) is 9.96. The van der Waals surface area contributed by atoms with E-state index in [-0.39, 0.29) is 11.8 Å². The molecule has 0 N–H and O–H groups in total. The van der Waals surface area contributed by atoms with Crippen LogP contribution >= 0.6 is 11.3 Å². The van der Waals surface area contributed by atoms with Crippen LogP contribution in [0.2, 0.25) is 0 Å². The number of aromatic nitrogens is 2. The lowest BCUT2D eigenvalue weighted by atomic mass is 9.97. The topological polar surface area (TPSA) is 77.7 Å². The highest BCUT2D eigenvalue weighted by Crippen LogP contribution is 2.32. The van der Waals surface area contributed by atoms with Crippen molar-refractivity contribution in [2.75, 3.05) is 27.3 Å². The molecule has 1 fully saturated rings. The molecule has 1 aromatic carbocycles. The fourth-order valence-electron chi connectivity index (χ4n) is 3.41. The predicted molar refractivity (Wildman–Crippen MR) is 105 cm³/mol. The van der Waals surface area contributed by atoms with Crippen molar-refractivity contribution < 1.29 is 18.7 Å². The number of piperidine rings is 1. The summed E-state index contributed by atoms with van der Waals surface area (Å²) < 4.78 is 16.5. The zero-order chi connectivity index (χ0) is 19.5. The van der Waals surface area contributed by atoms with Crippen LogP contribution in [0.3, 0.4) is 0 Å². The molecular weight excluding hydrogens is 378 g/mol. The third kappa shape index (κ3) is 3.60. The van der Waals surface area contributed by atoms with E-state index in [4.69, 9.17) is 13.9 Å². The van der Waals surface area contributed by atoms with Gasteiger partial charge in [0.25, 0.3) is 11.8 Å². The summed E-state index contributed by atoms with van der Waals surface area (Å²) in [6.07, 6.45) is 1.79. The van der Waals surface area contributed by atoms with E-state index in [1.54, 1.807) is 43.8 Å². The van der Waals surface area contributed by atoms with Gasteiger partial charge in [0.05, 0.1) is 30.6 Å². The van der Waals surface area contributed by atoms with Crippen molar-refractivity contribution in [2.45, 2.75) is 18.8 Å². The number of thiophene rings is 1. The maximum atomic E-state index is 13.1. The van der Waals surface area contributed by atoms with Crippen molar-refractivity contribution in [3.05, 3.63) is 47.2 Å². The van der Waals surface area contributed by atoms with Gasteiger partial charge >= 0.3 is 0 Å². The maximum Gasteiger partial charge on any atom is 0.257 e. The molecule has 0 bridgehead atoms. The Kier molecular flexibility index (Phi) is 5.29. The van der Waals surface area contributed by atoms with Crippen LogP contribution in [0.1, 0.15) is 35.0 Å². The summed E-state index contributed by atoms with van der Waals surface area (Å²) in [7, 11) is 3.13. The number of carbonyl (C=O) groups is 1. The number of likely N-dealkylation sites (tertiary alicyclic amines) is 1. The molecule has 3 heterocycles. The van der Waals surface area contributed by atoms with E-state index in [2.05, 4.69) is 10.2 Å². The van der Waals surface area contributed by atoms with Crippen molar-refractivity contribution in [1.82, 2.24) is 15.1 Å². The van der Waals surface area contributed by atoms with Crippen LogP contribution in [0.4, 0.5) is 0 Å². The van der Waals surface area contributed by atoms with E-state index in [9.17, 15) is 4.79 Å². The number of rotatable bonds is 5. The highest BCUT2D eigenvalue weighted by atomic mass is 32.1. The molecule has 1 unspecified atom stereocenters. The maximum absolute atomic E-state index is 13.1. The van der Waals surface area contributed by atoms with Crippen LogP contribution in [0.5, 0.6) is 11.5 Å². The first-order chi connectivity index (χ1) is 13.7. The predicted octanol–water partition coefficient (Wildman–Crippen LogP) is 3.84. The zero-order valence-corrected chi connectivity index (χ0v) is 16.6. The number of hydrogen-bond acceptors (Lipinski definition) is 7. The monoisotopic (exact) mass is 399 g/mol. The molecule has 0 radical (unpaired) electrons. The Morgan fingerprint density at radius 3 is 2.89 bits per heavy atom. The molecule has 8 heteroatoms. The second-order valence-corrected chi connectivity index (χ2v) is 7.53.